The number of rotatable bonds is 4. The predicted octanol–water partition coefficient (Wildman–Crippen LogP) is 1.50. The van der Waals surface area contributed by atoms with Gasteiger partial charge < -0.3 is 15.2 Å². The monoisotopic (exact) mass is 359 g/mol. The summed E-state index contributed by atoms with van der Waals surface area (Å²) in [6.07, 6.45) is 0. The summed E-state index contributed by atoms with van der Waals surface area (Å²) in [7, 11) is -4.04. The van der Waals surface area contributed by atoms with Gasteiger partial charge in [0, 0.05) is 17.7 Å². The van der Waals surface area contributed by atoms with Crippen LogP contribution in [0.4, 0.5) is 5.69 Å². The summed E-state index contributed by atoms with van der Waals surface area (Å²) in [5.74, 6) is -0.0281. The first kappa shape index (κ1) is 16.6. The smallest absolute Gasteiger partial charge is 0.261 e. The van der Waals surface area contributed by atoms with Gasteiger partial charge in [-0.25, -0.2) is 8.42 Å². The highest BCUT2D eigenvalue weighted by Gasteiger charge is 2.22. The largest absolute Gasteiger partial charge is 0.454 e. The minimum absolute atomic E-state index is 0.00363. The number of sulfonamides is 1. The number of nitrogens with zero attached hydrogens (tertiary/aromatic N) is 1. The fourth-order valence-electron chi connectivity index (χ4n) is 2.36. The molecule has 1 aliphatic rings. The number of carbonyl (C=O) groups excluding carboxylic acids is 1. The molecule has 0 bridgehead atoms. The Morgan fingerprint density at radius 2 is 1.92 bits per heavy atom. The van der Waals surface area contributed by atoms with Crippen LogP contribution in [-0.4, -0.2) is 21.1 Å². The molecule has 2 aromatic rings. The molecule has 0 unspecified atom stereocenters. The van der Waals surface area contributed by atoms with E-state index in [4.69, 9.17) is 15.2 Å². The van der Waals surface area contributed by atoms with Crippen molar-refractivity contribution in [1.29, 1.82) is 5.26 Å². The van der Waals surface area contributed by atoms with Crippen LogP contribution in [0.3, 0.4) is 0 Å². The van der Waals surface area contributed by atoms with E-state index in [1.54, 1.807) is 6.92 Å². The second-order valence-electron chi connectivity index (χ2n) is 5.31. The molecule has 1 amide bonds. The molecule has 0 spiro atoms. The number of nitrogens with one attached hydrogen (secondary N) is 1. The van der Waals surface area contributed by atoms with Gasteiger partial charge in [0.05, 0.1) is 16.1 Å². The predicted molar refractivity (Wildman–Crippen MR) is 87.8 cm³/mol. The van der Waals surface area contributed by atoms with E-state index in [-0.39, 0.29) is 28.5 Å². The van der Waals surface area contributed by atoms with E-state index in [1.165, 1.54) is 30.3 Å². The van der Waals surface area contributed by atoms with Crippen LogP contribution < -0.4 is 19.9 Å². The van der Waals surface area contributed by atoms with Crippen molar-refractivity contribution in [3.8, 4) is 17.6 Å². The number of fused-ring (bicyclic) bond motifs is 1. The maximum Gasteiger partial charge on any atom is 0.261 e. The maximum atomic E-state index is 12.6. The van der Waals surface area contributed by atoms with E-state index < -0.39 is 15.9 Å². The van der Waals surface area contributed by atoms with Gasteiger partial charge >= 0.3 is 0 Å². The van der Waals surface area contributed by atoms with Crippen LogP contribution >= 0.6 is 0 Å². The Morgan fingerprint density at radius 1 is 1.24 bits per heavy atom. The van der Waals surface area contributed by atoms with Crippen LogP contribution in [0.15, 0.2) is 35.2 Å². The number of anilines is 1. The number of nitriles is 1. The first-order valence-corrected chi connectivity index (χ1v) is 8.57. The van der Waals surface area contributed by atoms with E-state index in [2.05, 4.69) is 4.72 Å². The first-order chi connectivity index (χ1) is 11.8. The molecule has 0 aromatic heterocycles. The number of carbonyl (C=O) groups is 1. The van der Waals surface area contributed by atoms with E-state index in [1.807, 2.05) is 6.07 Å². The highest BCUT2D eigenvalue weighted by atomic mass is 32.2. The number of aryl methyl sites for hydroxylation is 1. The molecular weight excluding hydrogens is 346 g/mol. The van der Waals surface area contributed by atoms with Crippen LogP contribution in [0, 0.1) is 18.3 Å². The van der Waals surface area contributed by atoms with Crippen molar-refractivity contribution in [2.45, 2.75) is 11.8 Å². The molecule has 0 atom stereocenters. The molecule has 0 radical (unpaired) electrons. The van der Waals surface area contributed by atoms with Gasteiger partial charge in [0.15, 0.2) is 11.5 Å². The quantitative estimate of drug-likeness (QED) is 0.850. The topological polar surface area (TPSA) is 132 Å². The summed E-state index contributed by atoms with van der Waals surface area (Å²) in [5, 5.41) is 9.23. The van der Waals surface area contributed by atoms with E-state index in [0.29, 0.717) is 17.1 Å². The average Bonchev–Trinajstić information content (AvgIpc) is 3.00. The van der Waals surface area contributed by atoms with Crippen LogP contribution in [0.1, 0.15) is 21.5 Å². The van der Waals surface area contributed by atoms with Gasteiger partial charge in [-0.3, -0.25) is 9.52 Å². The van der Waals surface area contributed by atoms with E-state index >= 15 is 0 Å². The molecule has 0 aliphatic carbocycles. The number of ether oxygens (including phenoxy) is 2. The average molecular weight is 359 g/mol. The third-order valence-corrected chi connectivity index (χ3v) is 5.03. The van der Waals surface area contributed by atoms with E-state index in [9.17, 15) is 18.5 Å². The first-order valence-electron chi connectivity index (χ1n) is 7.09. The number of primary amides is 1. The standard InChI is InChI=1S/C16H13N3O5S/c1-9-2-3-11(5-12(9)16(18)20)25(21,22)19-13-6-15-14(23-8-24-15)4-10(13)7-17/h2-6,19H,8H2,1H3,(H2,18,20). The highest BCUT2D eigenvalue weighted by molar-refractivity contribution is 7.92. The molecule has 0 saturated carbocycles. The summed E-state index contributed by atoms with van der Waals surface area (Å²) in [6, 6.07) is 8.70. The summed E-state index contributed by atoms with van der Waals surface area (Å²) in [6.45, 7) is 1.64. The third-order valence-electron chi connectivity index (χ3n) is 3.66. The zero-order valence-corrected chi connectivity index (χ0v) is 13.9. The van der Waals surface area contributed by atoms with Crippen LogP contribution in [0.5, 0.6) is 11.5 Å². The lowest BCUT2D eigenvalue weighted by molar-refractivity contribution is 0.0999. The van der Waals surface area contributed by atoms with Gasteiger partial charge in [0.1, 0.15) is 6.07 Å². The zero-order chi connectivity index (χ0) is 18.2. The van der Waals surface area contributed by atoms with Crippen molar-refractivity contribution < 1.29 is 22.7 Å². The second kappa shape index (κ2) is 5.99. The van der Waals surface area contributed by atoms with Crippen molar-refractivity contribution in [2.24, 2.45) is 5.73 Å². The number of hydrogen-bond acceptors (Lipinski definition) is 6. The molecule has 0 fully saturated rings. The van der Waals surface area contributed by atoms with Crippen LogP contribution in [0.2, 0.25) is 0 Å². The molecular formula is C16H13N3O5S. The van der Waals surface area contributed by atoms with Crippen molar-refractivity contribution in [3.63, 3.8) is 0 Å². The van der Waals surface area contributed by atoms with Crippen molar-refractivity contribution in [2.75, 3.05) is 11.5 Å². The lowest BCUT2D eigenvalue weighted by Gasteiger charge is -2.12. The Labute approximate surface area is 143 Å². The van der Waals surface area contributed by atoms with Gasteiger partial charge in [-0.1, -0.05) is 6.07 Å². The van der Waals surface area contributed by atoms with E-state index in [0.717, 1.165) is 0 Å². The number of nitrogens with two attached hydrogens (primary N) is 1. The third kappa shape index (κ3) is 3.07. The number of amides is 1. The fraction of sp³-hybridized carbons (Fsp3) is 0.125. The number of benzene rings is 2. The Kier molecular flexibility index (Phi) is 3.98. The molecule has 8 nitrogen and oxygen atoms in total. The summed E-state index contributed by atoms with van der Waals surface area (Å²) in [5.41, 5.74) is 6.05. The van der Waals surface area contributed by atoms with Gasteiger partial charge in [-0.15, -0.1) is 0 Å². The SMILES string of the molecule is Cc1ccc(S(=O)(=O)Nc2cc3c(cc2C#N)OCO3)cc1C(N)=O. The van der Waals surface area contributed by atoms with Gasteiger partial charge in [0.2, 0.25) is 12.7 Å². The molecule has 1 heterocycles. The minimum atomic E-state index is -4.04. The maximum absolute atomic E-state index is 12.6. The Hall–Kier alpha value is -3.25. The van der Waals surface area contributed by atoms with Gasteiger partial charge in [0.25, 0.3) is 10.0 Å². The molecule has 3 rings (SSSR count). The van der Waals surface area contributed by atoms with Crippen molar-refractivity contribution in [3.05, 3.63) is 47.0 Å². The molecule has 1 aliphatic heterocycles. The molecule has 128 valence electrons. The lowest BCUT2D eigenvalue weighted by Crippen LogP contribution is -2.17. The van der Waals surface area contributed by atoms with Crippen molar-refractivity contribution in [1.82, 2.24) is 0 Å². The van der Waals surface area contributed by atoms with Crippen LogP contribution in [-0.2, 0) is 10.0 Å². The van der Waals surface area contributed by atoms with Gasteiger partial charge in [-0.05, 0) is 24.6 Å². The molecule has 25 heavy (non-hydrogen) atoms. The summed E-state index contributed by atoms with van der Waals surface area (Å²) in [4.78, 5) is 11.3. The molecule has 2 aromatic carbocycles. The molecule has 9 heteroatoms. The zero-order valence-electron chi connectivity index (χ0n) is 13.1. The lowest BCUT2D eigenvalue weighted by atomic mass is 10.1. The highest BCUT2D eigenvalue weighted by Crippen LogP contribution is 2.37. The van der Waals surface area contributed by atoms with Gasteiger partial charge in [-0.2, -0.15) is 5.26 Å². The molecule has 3 N–H and O–H groups in total. The Morgan fingerprint density at radius 3 is 2.56 bits per heavy atom. The minimum Gasteiger partial charge on any atom is -0.454 e. The fourth-order valence-corrected chi connectivity index (χ4v) is 3.45. The molecule has 0 saturated heterocycles. The van der Waals surface area contributed by atoms with Crippen LogP contribution in [0.25, 0.3) is 0 Å². The summed E-state index contributed by atoms with van der Waals surface area (Å²) < 4.78 is 37.9. The normalized spacial score (nSPS) is 12.5. The van der Waals surface area contributed by atoms with Crippen molar-refractivity contribution >= 4 is 21.6 Å². The summed E-state index contributed by atoms with van der Waals surface area (Å²) >= 11 is 0. The Balaban J connectivity index is 2.02. The number of hydrogen-bond donors (Lipinski definition) is 2. The Bertz CT molecular complexity index is 1020. The second-order valence-corrected chi connectivity index (χ2v) is 6.99.